The third-order valence-electron chi connectivity index (χ3n) is 4.96. The Morgan fingerprint density at radius 1 is 1.00 bits per heavy atom. The zero-order valence-electron chi connectivity index (χ0n) is 17.8. The first-order valence-corrected chi connectivity index (χ1v) is 10.1. The number of aryl methyl sites for hydroxylation is 1. The summed E-state index contributed by atoms with van der Waals surface area (Å²) < 4.78 is 5.05. The Kier molecular flexibility index (Phi) is 7.71. The van der Waals surface area contributed by atoms with Crippen LogP contribution in [0, 0.1) is 6.92 Å². The number of rotatable bonds is 8. The van der Waals surface area contributed by atoms with Crippen LogP contribution in [-0.4, -0.2) is 34.9 Å². The van der Waals surface area contributed by atoms with Crippen LogP contribution in [0.4, 0.5) is 0 Å². The Hall–Kier alpha value is -3.73. The minimum atomic E-state index is -0.774. The minimum absolute atomic E-state index is 0.199. The molecular formula is C26H26N2O3. The van der Waals surface area contributed by atoms with Gasteiger partial charge in [-0.15, -0.1) is 0 Å². The monoisotopic (exact) mass is 414 g/mol. The number of amides is 1. The van der Waals surface area contributed by atoms with Gasteiger partial charge < -0.3 is 9.64 Å². The van der Waals surface area contributed by atoms with Crippen molar-refractivity contribution in [3.05, 3.63) is 107 Å². The third kappa shape index (κ3) is 6.37. The van der Waals surface area contributed by atoms with Crippen LogP contribution in [0.25, 0.3) is 6.08 Å². The standard InChI is InChI=1S/C26H26N2O3/c1-20-11-13-21(14-12-20)15-16-25(29)28(19-23-10-6-7-17-27-23)24(26(30)31-2)18-22-8-4-3-5-9-22/h3-17,24H,18-19H2,1-2H3. The van der Waals surface area contributed by atoms with E-state index in [2.05, 4.69) is 4.98 Å². The van der Waals surface area contributed by atoms with Crippen LogP contribution < -0.4 is 0 Å². The summed E-state index contributed by atoms with van der Waals surface area (Å²) in [5.74, 6) is -0.741. The number of carbonyl (C=O) groups is 2. The van der Waals surface area contributed by atoms with Crippen molar-refractivity contribution in [1.82, 2.24) is 9.88 Å². The molecule has 0 saturated heterocycles. The molecule has 158 valence electrons. The summed E-state index contributed by atoms with van der Waals surface area (Å²) >= 11 is 0. The second kappa shape index (κ2) is 10.9. The fourth-order valence-electron chi connectivity index (χ4n) is 3.24. The van der Waals surface area contributed by atoms with Crippen LogP contribution in [0.2, 0.25) is 0 Å². The second-order valence-corrected chi connectivity index (χ2v) is 7.26. The topological polar surface area (TPSA) is 59.5 Å². The molecule has 1 aromatic heterocycles. The zero-order valence-corrected chi connectivity index (χ0v) is 17.8. The number of hydrogen-bond donors (Lipinski definition) is 0. The van der Waals surface area contributed by atoms with Crippen molar-refractivity contribution < 1.29 is 14.3 Å². The quantitative estimate of drug-likeness (QED) is 0.409. The lowest BCUT2D eigenvalue weighted by Crippen LogP contribution is -2.46. The maximum absolute atomic E-state index is 13.2. The molecule has 0 aliphatic carbocycles. The van der Waals surface area contributed by atoms with Crippen molar-refractivity contribution in [1.29, 1.82) is 0 Å². The SMILES string of the molecule is COC(=O)C(Cc1ccccc1)N(Cc1ccccn1)C(=O)C=Cc1ccc(C)cc1. The Morgan fingerprint density at radius 3 is 2.35 bits per heavy atom. The summed E-state index contributed by atoms with van der Waals surface area (Å²) in [4.78, 5) is 31.8. The number of hydrogen-bond acceptors (Lipinski definition) is 4. The van der Waals surface area contributed by atoms with Gasteiger partial charge in [0.15, 0.2) is 0 Å². The lowest BCUT2D eigenvalue weighted by molar-refractivity contribution is -0.151. The molecule has 3 aromatic rings. The number of aromatic nitrogens is 1. The summed E-state index contributed by atoms with van der Waals surface area (Å²) in [5.41, 5.74) is 3.70. The molecule has 0 radical (unpaired) electrons. The van der Waals surface area contributed by atoms with Gasteiger partial charge >= 0.3 is 5.97 Å². The first kappa shape index (κ1) is 22.0. The molecule has 5 nitrogen and oxygen atoms in total. The van der Waals surface area contributed by atoms with Gasteiger partial charge in [-0.25, -0.2) is 4.79 Å². The molecule has 1 unspecified atom stereocenters. The second-order valence-electron chi connectivity index (χ2n) is 7.26. The number of carbonyl (C=O) groups excluding carboxylic acids is 2. The van der Waals surface area contributed by atoms with E-state index in [-0.39, 0.29) is 12.5 Å². The van der Waals surface area contributed by atoms with Crippen LogP contribution in [-0.2, 0) is 27.3 Å². The van der Waals surface area contributed by atoms with Crippen molar-refractivity contribution in [2.45, 2.75) is 25.9 Å². The van der Waals surface area contributed by atoms with E-state index in [9.17, 15) is 9.59 Å². The Balaban J connectivity index is 1.91. The molecule has 0 saturated carbocycles. The summed E-state index contributed by atoms with van der Waals surface area (Å²) in [6.07, 6.45) is 5.27. The van der Waals surface area contributed by atoms with Crippen LogP contribution in [0.5, 0.6) is 0 Å². The van der Waals surface area contributed by atoms with Crippen molar-refractivity contribution in [3.63, 3.8) is 0 Å². The first-order chi connectivity index (χ1) is 15.1. The highest BCUT2D eigenvalue weighted by Gasteiger charge is 2.30. The predicted octanol–water partition coefficient (Wildman–Crippen LogP) is 4.22. The summed E-state index contributed by atoms with van der Waals surface area (Å²) in [6, 6.07) is 22.2. The molecule has 0 aliphatic rings. The highest BCUT2D eigenvalue weighted by Crippen LogP contribution is 2.16. The van der Waals surface area contributed by atoms with Gasteiger partial charge in [0.2, 0.25) is 5.91 Å². The van der Waals surface area contributed by atoms with Gasteiger partial charge in [-0.05, 0) is 36.3 Å². The maximum Gasteiger partial charge on any atom is 0.328 e. The molecule has 1 amide bonds. The van der Waals surface area contributed by atoms with Gasteiger partial charge in [-0.2, -0.15) is 0 Å². The Labute approximate surface area is 183 Å². The highest BCUT2D eigenvalue weighted by atomic mass is 16.5. The van der Waals surface area contributed by atoms with E-state index in [0.717, 1.165) is 16.7 Å². The summed E-state index contributed by atoms with van der Waals surface area (Å²) in [7, 11) is 1.34. The zero-order chi connectivity index (χ0) is 22.1. The van der Waals surface area contributed by atoms with E-state index in [1.807, 2.05) is 79.7 Å². The molecule has 5 heteroatoms. The van der Waals surface area contributed by atoms with E-state index < -0.39 is 12.0 Å². The largest absolute Gasteiger partial charge is 0.467 e. The number of ether oxygens (including phenoxy) is 1. The lowest BCUT2D eigenvalue weighted by Gasteiger charge is -2.29. The van der Waals surface area contributed by atoms with E-state index in [0.29, 0.717) is 12.1 Å². The minimum Gasteiger partial charge on any atom is -0.467 e. The molecule has 0 spiro atoms. The van der Waals surface area contributed by atoms with Gasteiger partial charge in [0.25, 0.3) is 0 Å². The lowest BCUT2D eigenvalue weighted by atomic mass is 10.0. The maximum atomic E-state index is 13.2. The normalized spacial score (nSPS) is 11.8. The van der Waals surface area contributed by atoms with Gasteiger partial charge in [-0.3, -0.25) is 9.78 Å². The Morgan fingerprint density at radius 2 is 1.71 bits per heavy atom. The van der Waals surface area contributed by atoms with E-state index in [4.69, 9.17) is 4.74 Å². The molecule has 3 rings (SSSR count). The van der Waals surface area contributed by atoms with E-state index in [1.54, 1.807) is 12.3 Å². The van der Waals surface area contributed by atoms with E-state index >= 15 is 0 Å². The fraction of sp³-hybridized carbons (Fsp3) is 0.192. The van der Waals surface area contributed by atoms with Gasteiger partial charge in [0.05, 0.1) is 19.3 Å². The van der Waals surface area contributed by atoms with Gasteiger partial charge in [0, 0.05) is 18.7 Å². The molecule has 31 heavy (non-hydrogen) atoms. The summed E-state index contributed by atoms with van der Waals surface area (Å²) in [5, 5.41) is 0. The highest BCUT2D eigenvalue weighted by molar-refractivity contribution is 5.94. The predicted molar refractivity (Wildman–Crippen MR) is 121 cm³/mol. The smallest absolute Gasteiger partial charge is 0.328 e. The molecule has 0 bridgehead atoms. The van der Waals surface area contributed by atoms with Crippen molar-refractivity contribution in [2.75, 3.05) is 7.11 Å². The van der Waals surface area contributed by atoms with E-state index in [1.165, 1.54) is 18.1 Å². The molecule has 0 aliphatic heterocycles. The number of methoxy groups -OCH3 is 1. The molecule has 2 aromatic carbocycles. The summed E-state index contributed by atoms with van der Waals surface area (Å²) in [6.45, 7) is 2.21. The van der Waals surface area contributed by atoms with Gasteiger partial charge in [-0.1, -0.05) is 66.2 Å². The van der Waals surface area contributed by atoms with Crippen LogP contribution >= 0.6 is 0 Å². The molecular weight excluding hydrogens is 388 g/mol. The van der Waals surface area contributed by atoms with Crippen LogP contribution in [0.3, 0.4) is 0 Å². The number of benzene rings is 2. The van der Waals surface area contributed by atoms with Crippen molar-refractivity contribution in [3.8, 4) is 0 Å². The molecule has 0 N–H and O–H groups in total. The van der Waals surface area contributed by atoms with Gasteiger partial charge in [0.1, 0.15) is 6.04 Å². The first-order valence-electron chi connectivity index (χ1n) is 10.1. The van der Waals surface area contributed by atoms with Crippen molar-refractivity contribution >= 4 is 18.0 Å². The Bertz CT molecular complexity index is 1020. The number of nitrogens with zero attached hydrogens (tertiary/aromatic N) is 2. The number of esters is 1. The van der Waals surface area contributed by atoms with Crippen molar-refractivity contribution in [2.24, 2.45) is 0 Å². The molecule has 1 heterocycles. The average Bonchev–Trinajstić information content (AvgIpc) is 2.81. The number of pyridine rings is 1. The van der Waals surface area contributed by atoms with Crippen LogP contribution in [0.15, 0.2) is 85.1 Å². The fourth-order valence-corrected chi connectivity index (χ4v) is 3.24. The average molecular weight is 415 g/mol. The third-order valence-corrected chi connectivity index (χ3v) is 4.96. The van der Waals surface area contributed by atoms with Crippen LogP contribution in [0.1, 0.15) is 22.4 Å². The molecule has 0 fully saturated rings. The molecule has 1 atom stereocenters.